The van der Waals surface area contributed by atoms with Crippen molar-refractivity contribution in [3.8, 4) is 21.7 Å². The Morgan fingerprint density at radius 3 is 2.55 bits per heavy atom. The van der Waals surface area contributed by atoms with E-state index in [4.69, 9.17) is 9.40 Å². The van der Waals surface area contributed by atoms with E-state index >= 15 is 0 Å². The fourth-order valence-electron chi connectivity index (χ4n) is 4.05. The molecule has 0 aliphatic carbocycles. The summed E-state index contributed by atoms with van der Waals surface area (Å²) in [6.07, 6.45) is 1.90. The molecule has 0 unspecified atom stereocenters. The number of rotatable bonds is 2. The third-order valence-corrected chi connectivity index (χ3v) is 6.58. The standard InChI is InChI=1S/C26H17NOS/c1-16-13-20-19-9-5-6-10-22(19)28-25(20)21(14-16)24-26-18(11-12-27-24)15-23(29-26)17-7-3-2-4-8-17/h2-15H,1H3. The molecule has 0 amide bonds. The third kappa shape index (κ3) is 2.59. The highest BCUT2D eigenvalue weighted by molar-refractivity contribution is 7.22. The molecular formula is C26H17NOS. The average molecular weight is 391 g/mol. The first-order valence-corrected chi connectivity index (χ1v) is 10.5. The van der Waals surface area contributed by atoms with Crippen molar-refractivity contribution in [1.29, 1.82) is 0 Å². The summed E-state index contributed by atoms with van der Waals surface area (Å²) in [5.74, 6) is 0. The van der Waals surface area contributed by atoms with Crippen LogP contribution in [0.2, 0.25) is 0 Å². The monoisotopic (exact) mass is 391 g/mol. The number of hydrogen-bond acceptors (Lipinski definition) is 3. The van der Waals surface area contributed by atoms with Crippen LogP contribution in [0, 0.1) is 6.92 Å². The highest BCUT2D eigenvalue weighted by Crippen LogP contribution is 2.42. The molecule has 138 valence electrons. The number of thiophene rings is 1. The molecule has 3 heterocycles. The number of fused-ring (bicyclic) bond motifs is 4. The zero-order chi connectivity index (χ0) is 19.4. The van der Waals surface area contributed by atoms with Gasteiger partial charge in [-0.2, -0.15) is 0 Å². The van der Waals surface area contributed by atoms with Crippen LogP contribution in [-0.2, 0) is 0 Å². The zero-order valence-electron chi connectivity index (χ0n) is 15.8. The van der Waals surface area contributed by atoms with Crippen molar-refractivity contribution in [3.05, 3.63) is 90.6 Å². The Morgan fingerprint density at radius 2 is 1.66 bits per heavy atom. The first-order chi connectivity index (χ1) is 14.3. The van der Waals surface area contributed by atoms with Crippen LogP contribution < -0.4 is 0 Å². The van der Waals surface area contributed by atoms with E-state index in [0.717, 1.165) is 33.2 Å². The minimum absolute atomic E-state index is 0.909. The van der Waals surface area contributed by atoms with Crippen LogP contribution in [0.3, 0.4) is 0 Å². The minimum atomic E-state index is 0.909. The van der Waals surface area contributed by atoms with Crippen molar-refractivity contribution in [2.45, 2.75) is 6.92 Å². The number of benzene rings is 3. The van der Waals surface area contributed by atoms with Gasteiger partial charge in [-0.3, -0.25) is 4.98 Å². The molecule has 0 fully saturated rings. The smallest absolute Gasteiger partial charge is 0.144 e. The predicted molar refractivity (Wildman–Crippen MR) is 123 cm³/mol. The Balaban J connectivity index is 1.66. The van der Waals surface area contributed by atoms with Crippen LogP contribution in [-0.4, -0.2) is 4.98 Å². The van der Waals surface area contributed by atoms with Gasteiger partial charge in [0.05, 0.1) is 10.4 Å². The SMILES string of the molecule is Cc1cc(-c2nccc3cc(-c4ccccc4)sc23)c2oc3ccccc3c2c1. The van der Waals surface area contributed by atoms with E-state index in [-0.39, 0.29) is 0 Å². The molecule has 0 atom stereocenters. The molecule has 0 aliphatic heterocycles. The number of nitrogens with zero attached hydrogens (tertiary/aromatic N) is 1. The van der Waals surface area contributed by atoms with E-state index in [2.05, 4.69) is 73.7 Å². The lowest BCUT2D eigenvalue weighted by atomic mass is 10.0. The summed E-state index contributed by atoms with van der Waals surface area (Å²) in [7, 11) is 0. The number of para-hydroxylation sites is 1. The van der Waals surface area contributed by atoms with Gasteiger partial charge >= 0.3 is 0 Å². The fraction of sp³-hybridized carbons (Fsp3) is 0.0385. The number of aryl methyl sites for hydroxylation is 1. The molecular weight excluding hydrogens is 374 g/mol. The summed E-state index contributed by atoms with van der Waals surface area (Å²) < 4.78 is 7.49. The van der Waals surface area contributed by atoms with Gasteiger partial charge in [0.15, 0.2) is 0 Å². The summed E-state index contributed by atoms with van der Waals surface area (Å²) in [5.41, 5.74) is 6.31. The molecule has 2 nitrogen and oxygen atoms in total. The Morgan fingerprint density at radius 1 is 0.828 bits per heavy atom. The second-order valence-electron chi connectivity index (χ2n) is 7.34. The van der Waals surface area contributed by atoms with Crippen molar-refractivity contribution in [3.63, 3.8) is 0 Å². The molecule has 0 N–H and O–H groups in total. The maximum Gasteiger partial charge on any atom is 0.144 e. The van der Waals surface area contributed by atoms with Gasteiger partial charge in [0.2, 0.25) is 0 Å². The molecule has 3 aromatic carbocycles. The van der Waals surface area contributed by atoms with Crippen LogP contribution in [0.25, 0.3) is 53.7 Å². The lowest BCUT2D eigenvalue weighted by Crippen LogP contribution is -1.85. The predicted octanol–water partition coefficient (Wildman–Crippen LogP) is 7.84. The van der Waals surface area contributed by atoms with Crippen molar-refractivity contribution in [2.24, 2.45) is 0 Å². The number of furan rings is 1. The molecule has 0 saturated carbocycles. The molecule has 0 saturated heterocycles. The molecule has 6 rings (SSSR count). The molecule has 29 heavy (non-hydrogen) atoms. The van der Waals surface area contributed by atoms with Gasteiger partial charge in [-0.15, -0.1) is 11.3 Å². The van der Waals surface area contributed by atoms with Gasteiger partial charge in [0.1, 0.15) is 11.2 Å². The second kappa shape index (κ2) is 6.29. The summed E-state index contributed by atoms with van der Waals surface area (Å²) in [6.45, 7) is 2.13. The first kappa shape index (κ1) is 16.5. The van der Waals surface area contributed by atoms with Gasteiger partial charge < -0.3 is 4.42 Å². The topological polar surface area (TPSA) is 26.0 Å². The fourth-order valence-corrected chi connectivity index (χ4v) is 5.21. The third-order valence-electron chi connectivity index (χ3n) is 5.37. The van der Waals surface area contributed by atoms with Crippen LogP contribution in [0.4, 0.5) is 0 Å². The summed E-state index contributed by atoms with van der Waals surface area (Å²) in [4.78, 5) is 6.05. The minimum Gasteiger partial charge on any atom is -0.455 e. The Hall–Kier alpha value is -3.43. The lowest BCUT2D eigenvalue weighted by Gasteiger charge is -2.05. The van der Waals surface area contributed by atoms with E-state index in [0.29, 0.717) is 0 Å². The van der Waals surface area contributed by atoms with E-state index in [9.17, 15) is 0 Å². The molecule has 0 aliphatic rings. The molecule has 3 heteroatoms. The maximum absolute atomic E-state index is 6.30. The van der Waals surface area contributed by atoms with Crippen LogP contribution in [0.1, 0.15) is 5.56 Å². The number of hydrogen-bond donors (Lipinski definition) is 0. The van der Waals surface area contributed by atoms with Crippen molar-refractivity contribution in [2.75, 3.05) is 0 Å². The normalized spacial score (nSPS) is 11.6. The van der Waals surface area contributed by atoms with Gasteiger partial charge in [-0.1, -0.05) is 48.5 Å². The van der Waals surface area contributed by atoms with Crippen molar-refractivity contribution >= 4 is 43.4 Å². The molecule has 0 bridgehead atoms. The summed E-state index contributed by atoms with van der Waals surface area (Å²) >= 11 is 1.79. The van der Waals surface area contributed by atoms with E-state index in [1.807, 2.05) is 18.3 Å². The highest BCUT2D eigenvalue weighted by atomic mass is 32.1. The summed E-state index contributed by atoms with van der Waals surface area (Å²) in [5, 5.41) is 3.51. The van der Waals surface area contributed by atoms with Gasteiger partial charge in [-0.05, 0) is 53.8 Å². The average Bonchev–Trinajstić information content (AvgIpc) is 3.35. The van der Waals surface area contributed by atoms with Crippen LogP contribution in [0.15, 0.2) is 89.5 Å². The molecule has 3 aromatic heterocycles. The Labute approximate surface area is 172 Å². The molecule has 0 spiro atoms. The van der Waals surface area contributed by atoms with Gasteiger partial charge in [0, 0.05) is 27.4 Å². The number of aromatic nitrogens is 1. The van der Waals surface area contributed by atoms with Crippen molar-refractivity contribution < 1.29 is 4.42 Å². The maximum atomic E-state index is 6.30. The lowest BCUT2D eigenvalue weighted by molar-refractivity contribution is 0.670. The quantitative estimate of drug-likeness (QED) is 0.300. The van der Waals surface area contributed by atoms with E-state index < -0.39 is 0 Å². The molecule has 6 aromatic rings. The van der Waals surface area contributed by atoms with Gasteiger partial charge in [-0.25, -0.2) is 0 Å². The largest absolute Gasteiger partial charge is 0.455 e. The van der Waals surface area contributed by atoms with Gasteiger partial charge in [0.25, 0.3) is 0 Å². The molecule has 0 radical (unpaired) electrons. The van der Waals surface area contributed by atoms with Crippen molar-refractivity contribution in [1.82, 2.24) is 4.98 Å². The Kier molecular flexibility index (Phi) is 3.58. The zero-order valence-corrected chi connectivity index (χ0v) is 16.7. The first-order valence-electron chi connectivity index (χ1n) is 9.64. The second-order valence-corrected chi connectivity index (χ2v) is 8.39. The van der Waals surface area contributed by atoms with Crippen LogP contribution >= 0.6 is 11.3 Å². The van der Waals surface area contributed by atoms with E-state index in [1.165, 1.54) is 26.1 Å². The Bertz CT molecular complexity index is 1510. The highest BCUT2D eigenvalue weighted by Gasteiger charge is 2.17. The van der Waals surface area contributed by atoms with Crippen LogP contribution in [0.5, 0.6) is 0 Å². The van der Waals surface area contributed by atoms with E-state index in [1.54, 1.807) is 11.3 Å². The number of pyridine rings is 1. The summed E-state index contributed by atoms with van der Waals surface area (Å²) in [6, 6.07) is 27.5.